The van der Waals surface area contributed by atoms with E-state index in [9.17, 15) is 5.11 Å². The smallest absolute Gasteiger partial charge is 0.227 e. The maximum Gasteiger partial charge on any atom is 0.227 e. The molecule has 0 bridgehead atoms. The first-order chi connectivity index (χ1) is 15.6. The van der Waals surface area contributed by atoms with E-state index in [1.807, 2.05) is 79.2 Å². The molecule has 3 aromatic rings. The van der Waals surface area contributed by atoms with Crippen LogP contribution in [-0.2, 0) is 11.3 Å². The number of aliphatic hydroxyl groups excluding tert-OH is 1. The molecule has 0 aliphatic heterocycles. The minimum absolute atomic E-state index is 0.354. The predicted molar refractivity (Wildman–Crippen MR) is 125 cm³/mol. The molecule has 1 aliphatic rings. The lowest BCUT2D eigenvalue weighted by molar-refractivity contribution is 0.0186. The number of hydrogen-bond donors (Lipinski definition) is 1. The molecule has 4 rings (SSSR count). The van der Waals surface area contributed by atoms with Crippen molar-refractivity contribution in [2.75, 3.05) is 26.3 Å². The van der Waals surface area contributed by atoms with Gasteiger partial charge in [0.15, 0.2) is 0 Å². The molecule has 1 aliphatic carbocycles. The SMILES string of the molecule is CCOC[C@@H](O)CN(Cc1c(C)nn(-c2ccccc2)c1Oc1ccccc1)CC1CC1. The number of aromatic nitrogens is 2. The van der Waals surface area contributed by atoms with Crippen molar-refractivity contribution in [2.45, 2.75) is 39.3 Å². The van der Waals surface area contributed by atoms with E-state index < -0.39 is 6.10 Å². The number of ether oxygens (including phenoxy) is 2. The van der Waals surface area contributed by atoms with Crippen LogP contribution in [0.5, 0.6) is 11.6 Å². The summed E-state index contributed by atoms with van der Waals surface area (Å²) in [6.07, 6.45) is 2.00. The zero-order chi connectivity index (χ0) is 22.3. The summed E-state index contributed by atoms with van der Waals surface area (Å²) in [6.45, 7) is 7.13. The van der Waals surface area contributed by atoms with Gasteiger partial charge >= 0.3 is 0 Å². The summed E-state index contributed by atoms with van der Waals surface area (Å²) in [6, 6.07) is 19.9. The molecule has 1 heterocycles. The van der Waals surface area contributed by atoms with Crippen LogP contribution in [0.2, 0.25) is 0 Å². The fourth-order valence-corrected chi connectivity index (χ4v) is 3.87. The first kappa shape index (κ1) is 22.5. The first-order valence-corrected chi connectivity index (χ1v) is 11.5. The Morgan fingerprint density at radius 3 is 2.44 bits per heavy atom. The monoisotopic (exact) mass is 435 g/mol. The van der Waals surface area contributed by atoms with Crippen molar-refractivity contribution in [1.29, 1.82) is 0 Å². The minimum atomic E-state index is -0.517. The summed E-state index contributed by atoms with van der Waals surface area (Å²) in [5.41, 5.74) is 2.93. The van der Waals surface area contributed by atoms with E-state index in [4.69, 9.17) is 14.6 Å². The van der Waals surface area contributed by atoms with Gasteiger partial charge < -0.3 is 14.6 Å². The number of aliphatic hydroxyl groups is 1. The first-order valence-electron chi connectivity index (χ1n) is 11.5. The molecule has 0 unspecified atom stereocenters. The second-order valence-electron chi connectivity index (χ2n) is 8.48. The Kier molecular flexibility index (Phi) is 7.58. The van der Waals surface area contributed by atoms with Gasteiger partial charge in [0.2, 0.25) is 5.88 Å². The molecule has 0 radical (unpaired) electrons. The molecule has 0 saturated heterocycles. The van der Waals surface area contributed by atoms with Gasteiger partial charge in [0, 0.05) is 26.2 Å². The topological polar surface area (TPSA) is 59.8 Å². The van der Waals surface area contributed by atoms with E-state index >= 15 is 0 Å². The highest BCUT2D eigenvalue weighted by Gasteiger charge is 2.28. The number of para-hydroxylation sites is 2. The molecule has 1 saturated carbocycles. The highest BCUT2D eigenvalue weighted by molar-refractivity contribution is 5.43. The Morgan fingerprint density at radius 2 is 1.78 bits per heavy atom. The zero-order valence-electron chi connectivity index (χ0n) is 19.0. The molecule has 32 heavy (non-hydrogen) atoms. The Hall–Kier alpha value is -2.67. The largest absolute Gasteiger partial charge is 0.439 e. The van der Waals surface area contributed by atoms with Crippen molar-refractivity contribution >= 4 is 0 Å². The molecule has 6 nitrogen and oxygen atoms in total. The molecule has 6 heteroatoms. The van der Waals surface area contributed by atoms with E-state index in [1.165, 1.54) is 12.8 Å². The van der Waals surface area contributed by atoms with Crippen LogP contribution >= 0.6 is 0 Å². The van der Waals surface area contributed by atoms with Crippen LogP contribution in [-0.4, -0.2) is 52.2 Å². The average molecular weight is 436 g/mol. The standard InChI is InChI=1S/C26H33N3O3/c1-3-31-19-23(30)17-28(16-21-14-15-21)18-25-20(2)27-29(22-10-6-4-7-11-22)26(25)32-24-12-8-5-9-13-24/h4-13,21,23,30H,3,14-19H2,1-2H3/t23-/m0/s1. The average Bonchev–Trinajstić information content (AvgIpc) is 3.58. The highest BCUT2D eigenvalue weighted by Crippen LogP contribution is 2.34. The van der Waals surface area contributed by atoms with E-state index in [0.717, 1.165) is 35.1 Å². The van der Waals surface area contributed by atoms with Gasteiger partial charge in [-0.3, -0.25) is 4.90 Å². The fourth-order valence-electron chi connectivity index (χ4n) is 3.87. The second-order valence-corrected chi connectivity index (χ2v) is 8.48. The number of aryl methyl sites for hydroxylation is 1. The van der Waals surface area contributed by atoms with Crippen LogP contribution in [0.3, 0.4) is 0 Å². The van der Waals surface area contributed by atoms with Crippen molar-refractivity contribution in [3.05, 3.63) is 71.9 Å². The Labute approximate surface area is 190 Å². The molecular weight excluding hydrogens is 402 g/mol. The molecule has 1 N–H and O–H groups in total. The van der Waals surface area contributed by atoms with Crippen molar-refractivity contribution in [3.8, 4) is 17.3 Å². The van der Waals surface area contributed by atoms with Crippen molar-refractivity contribution in [1.82, 2.24) is 14.7 Å². The molecule has 1 fully saturated rings. The third kappa shape index (κ3) is 5.97. The summed E-state index contributed by atoms with van der Waals surface area (Å²) in [5.74, 6) is 2.20. The minimum Gasteiger partial charge on any atom is -0.439 e. The van der Waals surface area contributed by atoms with Crippen LogP contribution in [0.25, 0.3) is 5.69 Å². The van der Waals surface area contributed by atoms with Gasteiger partial charge in [0.05, 0.1) is 29.7 Å². The molecule has 1 aromatic heterocycles. The zero-order valence-corrected chi connectivity index (χ0v) is 19.0. The number of rotatable bonds is 12. The summed E-state index contributed by atoms with van der Waals surface area (Å²) in [5, 5.41) is 15.3. The normalized spacial score (nSPS) is 14.6. The number of benzene rings is 2. The summed E-state index contributed by atoms with van der Waals surface area (Å²) < 4.78 is 13.7. The maximum atomic E-state index is 10.5. The lowest BCUT2D eigenvalue weighted by Crippen LogP contribution is -2.36. The Balaban J connectivity index is 1.64. The number of nitrogens with zero attached hydrogens (tertiary/aromatic N) is 3. The molecule has 2 aromatic carbocycles. The maximum absolute atomic E-state index is 10.5. The van der Waals surface area contributed by atoms with Crippen molar-refractivity contribution in [2.24, 2.45) is 5.92 Å². The van der Waals surface area contributed by atoms with Gasteiger partial charge in [-0.25, -0.2) is 4.68 Å². The van der Waals surface area contributed by atoms with E-state index in [0.29, 0.717) is 32.2 Å². The van der Waals surface area contributed by atoms with Gasteiger partial charge in [-0.1, -0.05) is 36.4 Å². The van der Waals surface area contributed by atoms with E-state index in [2.05, 4.69) is 4.90 Å². The third-order valence-electron chi connectivity index (χ3n) is 5.67. The van der Waals surface area contributed by atoms with Crippen LogP contribution in [0.1, 0.15) is 31.0 Å². The predicted octanol–water partition coefficient (Wildman–Crippen LogP) is 4.58. The van der Waals surface area contributed by atoms with Crippen LogP contribution in [0, 0.1) is 12.8 Å². The third-order valence-corrected chi connectivity index (χ3v) is 5.67. The van der Waals surface area contributed by atoms with Crippen LogP contribution in [0.4, 0.5) is 0 Å². The molecule has 170 valence electrons. The van der Waals surface area contributed by atoms with Gasteiger partial charge in [0.1, 0.15) is 5.75 Å². The fraction of sp³-hybridized carbons (Fsp3) is 0.423. The molecule has 0 spiro atoms. The van der Waals surface area contributed by atoms with Gasteiger partial charge in [-0.05, 0) is 56.9 Å². The highest BCUT2D eigenvalue weighted by atomic mass is 16.5. The van der Waals surface area contributed by atoms with Crippen LogP contribution in [0.15, 0.2) is 60.7 Å². The Bertz CT molecular complexity index is 971. The molecular formula is C26H33N3O3. The second kappa shape index (κ2) is 10.8. The van der Waals surface area contributed by atoms with Gasteiger partial charge in [0.25, 0.3) is 0 Å². The summed E-state index contributed by atoms with van der Waals surface area (Å²) in [7, 11) is 0. The molecule has 1 atom stereocenters. The van der Waals surface area contributed by atoms with Crippen molar-refractivity contribution < 1.29 is 14.6 Å². The van der Waals surface area contributed by atoms with E-state index in [-0.39, 0.29) is 0 Å². The lowest BCUT2D eigenvalue weighted by Gasteiger charge is -2.25. The lowest BCUT2D eigenvalue weighted by atomic mass is 10.2. The number of hydrogen-bond acceptors (Lipinski definition) is 5. The van der Waals surface area contributed by atoms with Gasteiger partial charge in [-0.2, -0.15) is 5.10 Å². The van der Waals surface area contributed by atoms with E-state index in [1.54, 1.807) is 0 Å². The summed E-state index contributed by atoms with van der Waals surface area (Å²) >= 11 is 0. The van der Waals surface area contributed by atoms with Crippen molar-refractivity contribution in [3.63, 3.8) is 0 Å². The van der Waals surface area contributed by atoms with Crippen LogP contribution < -0.4 is 4.74 Å². The Morgan fingerprint density at radius 1 is 1.09 bits per heavy atom. The quantitative estimate of drug-likeness (QED) is 0.451. The summed E-state index contributed by atoms with van der Waals surface area (Å²) in [4.78, 5) is 2.32. The van der Waals surface area contributed by atoms with Gasteiger partial charge in [-0.15, -0.1) is 0 Å². The molecule has 0 amide bonds.